The second-order valence-electron chi connectivity index (χ2n) is 1.23. The van der Waals surface area contributed by atoms with Crippen LogP contribution in [0, 0.1) is 0 Å². The topological polar surface area (TPSA) is 75.5 Å². The Kier molecular flexibility index (Phi) is 4.20. The molecule has 0 aromatic carbocycles. The highest BCUT2D eigenvalue weighted by molar-refractivity contribution is 5.82. The van der Waals surface area contributed by atoms with Gasteiger partial charge in [-0.15, -0.1) is 10.2 Å². The highest BCUT2D eigenvalue weighted by Gasteiger charge is 1.87. The first-order valence-corrected chi connectivity index (χ1v) is 2.48. The van der Waals surface area contributed by atoms with E-state index in [1.165, 1.54) is 0 Å². The fraction of sp³-hybridized carbons (Fsp3) is 0.500. The summed E-state index contributed by atoms with van der Waals surface area (Å²) in [6, 6.07) is 0. The summed E-state index contributed by atoms with van der Waals surface area (Å²) >= 11 is 0. The van der Waals surface area contributed by atoms with Crippen molar-refractivity contribution in [2.45, 2.75) is 13.3 Å². The van der Waals surface area contributed by atoms with Gasteiger partial charge in [-0.25, -0.2) is 0 Å². The van der Waals surface area contributed by atoms with E-state index in [0.29, 0.717) is 12.3 Å². The van der Waals surface area contributed by atoms with Crippen LogP contribution in [-0.2, 0) is 0 Å². The third-order valence-corrected chi connectivity index (χ3v) is 0.676. The van der Waals surface area contributed by atoms with Gasteiger partial charge in [0.1, 0.15) is 0 Å². The molecule has 0 aromatic rings. The first kappa shape index (κ1) is 7.74. The maximum absolute atomic E-state index is 4.75. The Hall–Kier alpha value is -1.26. The van der Waals surface area contributed by atoms with Crippen molar-refractivity contribution in [3.63, 3.8) is 0 Å². The Balaban J connectivity index is 3.96. The zero-order valence-electron chi connectivity index (χ0n) is 5.28. The Bertz CT molecular complexity index is 136. The van der Waals surface area contributed by atoms with Gasteiger partial charge >= 0.3 is 0 Å². The zero-order valence-corrected chi connectivity index (χ0v) is 5.28. The van der Waals surface area contributed by atoms with Crippen LogP contribution in [-0.4, -0.2) is 12.6 Å². The average Bonchev–Trinajstić information content (AvgIpc) is 1.88. The highest BCUT2D eigenvalue weighted by Crippen LogP contribution is 1.87. The summed E-state index contributed by atoms with van der Waals surface area (Å²) in [7, 11) is 0. The first-order valence-electron chi connectivity index (χ1n) is 2.48. The largest absolute Gasteiger partial charge is 0.305 e. The SMILES string of the molecule is C=N/N=C(/CC)N=NN. The van der Waals surface area contributed by atoms with Crippen LogP contribution in [0.5, 0.6) is 0 Å². The summed E-state index contributed by atoms with van der Waals surface area (Å²) in [5.74, 6) is 5.23. The van der Waals surface area contributed by atoms with Gasteiger partial charge in [0, 0.05) is 13.1 Å². The molecule has 0 fully saturated rings. The van der Waals surface area contributed by atoms with E-state index in [0.717, 1.165) is 0 Å². The molecule has 0 atom stereocenters. The summed E-state index contributed by atoms with van der Waals surface area (Å²) in [6.07, 6.45) is 0.652. The lowest BCUT2D eigenvalue weighted by atomic mass is 10.5. The van der Waals surface area contributed by atoms with E-state index < -0.39 is 0 Å². The van der Waals surface area contributed by atoms with Gasteiger partial charge in [-0.3, -0.25) is 0 Å². The van der Waals surface area contributed by atoms with Crippen LogP contribution < -0.4 is 5.84 Å². The molecule has 0 aliphatic carbocycles. The maximum atomic E-state index is 4.75. The van der Waals surface area contributed by atoms with Gasteiger partial charge in [0.15, 0.2) is 5.84 Å². The summed E-state index contributed by atoms with van der Waals surface area (Å²) < 4.78 is 0. The fourth-order valence-corrected chi connectivity index (χ4v) is 0.310. The molecule has 9 heavy (non-hydrogen) atoms. The van der Waals surface area contributed by atoms with Crippen molar-refractivity contribution in [2.75, 3.05) is 0 Å². The molecule has 0 heterocycles. The molecule has 0 saturated heterocycles. The molecule has 0 rings (SSSR count). The average molecular weight is 127 g/mol. The Morgan fingerprint density at radius 1 is 1.67 bits per heavy atom. The molecule has 0 bridgehead atoms. The Morgan fingerprint density at radius 3 is 2.67 bits per heavy atom. The van der Waals surface area contributed by atoms with Gasteiger partial charge < -0.3 is 5.84 Å². The quantitative estimate of drug-likeness (QED) is 0.192. The van der Waals surface area contributed by atoms with Gasteiger partial charge in [0.2, 0.25) is 0 Å². The minimum absolute atomic E-state index is 0.479. The summed E-state index contributed by atoms with van der Waals surface area (Å²) in [6.45, 7) is 5.02. The van der Waals surface area contributed by atoms with Crippen LogP contribution in [0.3, 0.4) is 0 Å². The fourth-order valence-electron chi connectivity index (χ4n) is 0.310. The second kappa shape index (κ2) is 4.89. The van der Waals surface area contributed by atoms with Crippen LogP contribution in [0.15, 0.2) is 20.5 Å². The molecule has 2 N–H and O–H groups in total. The van der Waals surface area contributed by atoms with Gasteiger partial charge in [-0.1, -0.05) is 12.1 Å². The lowest BCUT2D eigenvalue weighted by Gasteiger charge is -1.85. The third kappa shape index (κ3) is 3.33. The standard InChI is InChI=1S/C4H9N5/c1-3-4(7-6-2)8-9-5/h2-3H2,1H3,(H2,5,7,8). The van der Waals surface area contributed by atoms with E-state index in [1.807, 2.05) is 6.92 Å². The lowest BCUT2D eigenvalue weighted by Crippen LogP contribution is -1.90. The molecule has 0 aliphatic rings. The van der Waals surface area contributed by atoms with Gasteiger partial charge in [0.05, 0.1) is 0 Å². The van der Waals surface area contributed by atoms with Crippen molar-refractivity contribution in [3.05, 3.63) is 0 Å². The van der Waals surface area contributed by atoms with Crippen LogP contribution >= 0.6 is 0 Å². The molecule has 5 nitrogen and oxygen atoms in total. The third-order valence-electron chi connectivity index (χ3n) is 0.676. The smallest absolute Gasteiger partial charge is 0.174 e. The van der Waals surface area contributed by atoms with Crippen molar-refractivity contribution in [1.82, 2.24) is 0 Å². The minimum atomic E-state index is 0.479. The van der Waals surface area contributed by atoms with Gasteiger partial charge in [-0.05, 0) is 0 Å². The molecule has 0 unspecified atom stereocenters. The van der Waals surface area contributed by atoms with E-state index in [4.69, 9.17) is 5.84 Å². The molecule has 0 amide bonds. The van der Waals surface area contributed by atoms with Gasteiger partial charge in [0.25, 0.3) is 0 Å². The predicted molar refractivity (Wildman–Crippen MR) is 36.3 cm³/mol. The monoisotopic (exact) mass is 127 g/mol. The molecule has 0 spiro atoms. The van der Waals surface area contributed by atoms with E-state index in [1.54, 1.807) is 0 Å². The van der Waals surface area contributed by atoms with Crippen LogP contribution in [0.25, 0.3) is 0 Å². The molecule has 50 valence electrons. The van der Waals surface area contributed by atoms with Crippen molar-refractivity contribution in [1.29, 1.82) is 0 Å². The van der Waals surface area contributed by atoms with E-state index in [2.05, 4.69) is 27.3 Å². The van der Waals surface area contributed by atoms with Crippen LogP contribution in [0.2, 0.25) is 0 Å². The molecule has 0 aromatic heterocycles. The first-order chi connectivity index (χ1) is 4.35. The Labute approximate surface area is 53.4 Å². The van der Waals surface area contributed by atoms with Gasteiger partial charge in [-0.2, -0.15) is 5.10 Å². The van der Waals surface area contributed by atoms with Crippen molar-refractivity contribution >= 4 is 12.6 Å². The molecular formula is C4H9N5. The number of hydrogen-bond donors (Lipinski definition) is 1. The van der Waals surface area contributed by atoms with E-state index >= 15 is 0 Å². The number of amidine groups is 1. The summed E-state index contributed by atoms with van der Waals surface area (Å²) in [4.78, 5) is 0. The zero-order chi connectivity index (χ0) is 7.11. The predicted octanol–water partition coefficient (Wildman–Crippen LogP) is 0.736. The van der Waals surface area contributed by atoms with E-state index in [9.17, 15) is 0 Å². The number of nitrogens with two attached hydrogens (primary N) is 1. The second-order valence-corrected chi connectivity index (χ2v) is 1.23. The summed E-state index contributed by atoms with van der Waals surface area (Å²) in [5.41, 5.74) is 0. The van der Waals surface area contributed by atoms with Crippen LogP contribution in [0.1, 0.15) is 13.3 Å². The molecule has 0 saturated carbocycles. The number of rotatable bonds is 2. The Morgan fingerprint density at radius 2 is 2.33 bits per heavy atom. The summed E-state index contributed by atoms with van der Waals surface area (Å²) in [5, 5.41) is 13.3. The molecular weight excluding hydrogens is 118 g/mol. The van der Waals surface area contributed by atoms with Crippen molar-refractivity contribution in [3.8, 4) is 0 Å². The highest BCUT2D eigenvalue weighted by atomic mass is 15.4. The normalized spacial score (nSPS) is 12.3. The van der Waals surface area contributed by atoms with Crippen molar-refractivity contribution < 1.29 is 0 Å². The molecule has 5 heteroatoms. The van der Waals surface area contributed by atoms with E-state index in [-0.39, 0.29) is 0 Å². The molecule has 0 radical (unpaired) electrons. The van der Waals surface area contributed by atoms with Crippen LogP contribution in [0.4, 0.5) is 0 Å². The lowest BCUT2D eigenvalue weighted by molar-refractivity contribution is 1.03. The molecule has 0 aliphatic heterocycles. The maximum Gasteiger partial charge on any atom is 0.174 e. The van der Waals surface area contributed by atoms with Crippen molar-refractivity contribution in [2.24, 2.45) is 26.4 Å². The number of nitrogens with zero attached hydrogens (tertiary/aromatic N) is 4. The number of hydrogen-bond acceptors (Lipinski definition) is 3. The minimum Gasteiger partial charge on any atom is -0.305 e.